The van der Waals surface area contributed by atoms with E-state index in [4.69, 9.17) is 9.47 Å². The summed E-state index contributed by atoms with van der Waals surface area (Å²) in [5.41, 5.74) is 0.193. The van der Waals surface area contributed by atoms with Gasteiger partial charge in [0, 0.05) is 31.8 Å². The van der Waals surface area contributed by atoms with Crippen LogP contribution in [-0.4, -0.2) is 77.7 Å². The average Bonchev–Trinajstić information content (AvgIpc) is 3.81. The minimum Gasteiger partial charge on any atom is -0.455 e. The van der Waals surface area contributed by atoms with Crippen molar-refractivity contribution >= 4 is 40.2 Å². The summed E-state index contributed by atoms with van der Waals surface area (Å²) in [6.45, 7) is 8.31. The largest absolute Gasteiger partial charge is 0.455 e. The maximum Gasteiger partial charge on any atom is 0.313 e. The summed E-state index contributed by atoms with van der Waals surface area (Å²) < 4.78 is 12.9. The number of fused-ring (bicyclic) bond motifs is 2. The third kappa shape index (κ3) is 7.41. The molecule has 6 rings (SSSR count). The lowest BCUT2D eigenvalue weighted by molar-refractivity contribution is -0.160. The quantitative estimate of drug-likeness (QED) is 0.0995. The Morgan fingerprint density at radius 1 is 1.00 bits per heavy atom. The van der Waals surface area contributed by atoms with E-state index in [-0.39, 0.29) is 43.8 Å². The Morgan fingerprint density at radius 3 is 2.50 bits per heavy atom. The molecule has 3 saturated heterocycles. The van der Waals surface area contributed by atoms with Crippen LogP contribution in [0.25, 0.3) is 10.8 Å². The van der Waals surface area contributed by atoms with Gasteiger partial charge in [0.25, 0.3) is 5.91 Å². The monoisotopic (exact) mass is 707 g/mol. The molecule has 0 saturated carbocycles. The van der Waals surface area contributed by atoms with Crippen LogP contribution in [0.2, 0.25) is 0 Å². The normalized spacial score (nSPS) is 23.6. The lowest BCUT2D eigenvalue weighted by atomic mass is 9.70. The predicted octanol–water partition coefficient (Wildman–Crippen LogP) is 5.65. The van der Waals surface area contributed by atoms with Gasteiger partial charge >= 0.3 is 5.97 Å². The van der Waals surface area contributed by atoms with Gasteiger partial charge in [-0.1, -0.05) is 85.7 Å². The van der Waals surface area contributed by atoms with Crippen LogP contribution in [0.1, 0.15) is 63.0 Å². The van der Waals surface area contributed by atoms with Crippen molar-refractivity contribution < 1.29 is 33.8 Å². The van der Waals surface area contributed by atoms with E-state index in [1.54, 1.807) is 22.0 Å². The zero-order valence-corrected chi connectivity index (χ0v) is 29.7. The van der Waals surface area contributed by atoms with Crippen molar-refractivity contribution in [2.75, 3.05) is 31.1 Å². The van der Waals surface area contributed by atoms with Gasteiger partial charge in [0.1, 0.15) is 17.7 Å². The van der Waals surface area contributed by atoms with Gasteiger partial charge in [0.2, 0.25) is 11.8 Å². The molecule has 0 radical (unpaired) electrons. The Kier molecular flexibility index (Phi) is 11.9. The van der Waals surface area contributed by atoms with Gasteiger partial charge in [-0.15, -0.1) is 13.2 Å². The van der Waals surface area contributed by atoms with Crippen LogP contribution in [0.15, 0.2) is 98.1 Å². The zero-order chi connectivity index (χ0) is 36.7. The van der Waals surface area contributed by atoms with E-state index in [1.165, 1.54) is 0 Å². The van der Waals surface area contributed by atoms with Crippen molar-refractivity contribution in [1.82, 2.24) is 10.2 Å². The third-order valence-electron chi connectivity index (χ3n) is 10.7. The van der Waals surface area contributed by atoms with Gasteiger partial charge in [-0.25, -0.2) is 0 Å². The minimum atomic E-state index is -1.20. The first-order chi connectivity index (χ1) is 25.3. The van der Waals surface area contributed by atoms with Crippen LogP contribution in [0, 0.1) is 11.8 Å². The summed E-state index contributed by atoms with van der Waals surface area (Å²) in [6.07, 6.45) is 6.59. The zero-order valence-electron chi connectivity index (χ0n) is 29.7. The molecule has 0 aromatic heterocycles. The number of aliphatic hydroxyl groups excluding tert-OH is 1. The van der Waals surface area contributed by atoms with Crippen molar-refractivity contribution in [3.05, 3.63) is 104 Å². The van der Waals surface area contributed by atoms with Crippen LogP contribution in [0.3, 0.4) is 0 Å². The van der Waals surface area contributed by atoms with E-state index in [2.05, 4.69) is 18.5 Å². The number of unbranched alkanes of at least 4 members (excludes halogenated alkanes) is 3. The Labute approximate surface area is 305 Å². The molecule has 3 fully saturated rings. The number of aliphatic hydroxyl groups is 1. The SMILES string of the molecule is C=CCCC(=O)NC[C@H](OC(=O)[C@@H]1[C@@H]2CC[C@]3(O2)[C@H](C(=O)N(CC=C)c2ccc4ccccc4c2)N(CCCCCCO)C(=O)[C@@H]13)c1ccccc1. The van der Waals surface area contributed by atoms with E-state index in [1.807, 2.05) is 72.8 Å². The molecule has 3 amide bonds. The number of rotatable bonds is 18. The van der Waals surface area contributed by atoms with Crippen molar-refractivity contribution in [2.45, 2.75) is 75.2 Å². The maximum absolute atomic E-state index is 15.0. The summed E-state index contributed by atoms with van der Waals surface area (Å²) in [5, 5.41) is 14.2. The Bertz CT molecular complexity index is 1780. The number of ether oxygens (including phenoxy) is 2. The van der Waals surface area contributed by atoms with Crippen molar-refractivity contribution in [3.63, 3.8) is 0 Å². The third-order valence-corrected chi connectivity index (χ3v) is 10.7. The van der Waals surface area contributed by atoms with Crippen LogP contribution in [0.4, 0.5) is 5.69 Å². The molecule has 0 aliphatic carbocycles. The second-order valence-electron chi connectivity index (χ2n) is 14.0. The molecule has 3 aliphatic rings. The summed E-state index contributed by atoms with van der Waals surface area (Å²) >= 11 is 0. The molecular weight excluding hydrogens is 658 g/mol. The number of nitrogens with zero attached hydrogens (tertiary/aromatic N) is 2. The molecule has 0 unspecified atom stereocenters. The molecule has 52 heavy (non-hydrogen) atoms. The smallest absolute Gasteiger partial charge is 0.313 e. The highest BCUT2D eigenvalue weighted by Gasteiger charge is 2.75. The number of allylic oxidation sites excluding steroid dienone is 1. The molecule has 2 N–H and O–H groups in total. The standard InChI is InChI=1S/C42H49N3O7/c1-3-5-19-35(47)43-28-34(30-16-9-8-10-17-30)51-41(50)36-33-22-23-42(52-33)37(36)39(48)45(25-13-6-7-14-26-46)38(42)40(49)44(24-4-2)32-21-20-29-15-11-12-18-31(29)27-32/h3-4,8-12,15-18,20-21,27,33-34,36-38,46H,1-2,5-7,13-14,19,22-26,28H2,(H,43,47)/t33-,34-,36+,37+,38-,42+/m0/s1. The molecule has 3 aromatic carbocycles. The molecular formula is C42H49N3O7. The fourth-order valence-electron chi connectivity index (χ4n) is 8.27. The highest BCUT2D eigenvalue weighted by molar-refractivity contribution is 6.05. The molecule has 6 atom stereocenters. The Morgan fingerprint density at radius 2 is 1.75 bits per heavy atom. The van der Waals surface area contributed by atoms with Gasteiger partial charge in [0.15, 0.2) is 0 Å². The second kappa shape index (κ2) is 16.7. The van der Waals surface area contributed by atoms with Crippen LogP contribution in [0.5, 0.6) is 0 Å². The summed E-state index contributed by atoms with van der Waals surface area (Å²) in [5.74, 6) is -3.13. The number of nitrogens with one attached hydrogen (secondary N) is 1. The van der Waals surface area contributed by atoms with Crippen molar-refractivity contribution in [3.8, 4) is 0 Å². The van der Waals surface area contributed by atoms with Gasteiger partial charge in [-0.2, -0.15) is 0 Å². The topological polar surface area (TPSA) is 125 Å². The number of carbonyl (C=O) groups excluding carboxylic acids is 4. The highest BCUT2D eigenvalue weighted by Crippen LogP contribution is 2.59. The number of benzene rings is 3. The number of esters is 1. The van der Waals surface area contributed by atoms with Crippen LogP contribution in [-0.2, 0) is 28.7 Å². The fourth-order valence-corrected chi connectivity index (χ4v) is 8.27. The number of amides is 3. The fraction of sp³-hybridized carbons (Fsp3) is 0.429. The van der Waals surface area contributed by atoms with Gasteiger partial charge in [0.05, 0.1) is 24.5 Å². The van der Waals surface area contributed by atoms with Crippen molar-refractivity contribution in [2.24, 2.45) is 11.8 Å². The van der Waals surface area contributed by atoms with Crippen LogP contribution >= 0.6 is 0 Å². The molecule has 3 aliphatic heterocycles. The van der Waals surface area contributed by atoms with E-state index in [9.17, 15) is 24.3 Å². The number of carbonyl (C=O) groups is 4. The first kappa shape index (κ1) is 37.0. The van der Waals surface area contributed by atoms with Crippen LogP contribution < -0.4 is 10.2 Å². The van der Waals surface area contributed by atoms with E-state index >= 15 is 0 Å². The summed E-state index contributed by atoms with van der Waals surface area (Å²) in [6, 6.07) is 22.0. The summed E-state index contributed by atoms with van der Waals surface area (Å²) in [4.78, 5) is 59.7. The number of likely N-dealkylation sites (tertiary alicyclic amines) is 1. The average molecular weight is 708 g/mol. The lowest BCUT2D eigenvalue weighted by Gasteiger charge is -2.37. The van der Waals surface area contributed by atoms with Gasteiger partial charge < -0.3 is 29.7 Å². The molecule has 10 heteroatoms. The lowest BCUT2D eigenvalue weighted by Crippen LogP contribution is -2.56. The molecule has 3 heterocycles. The summed E-state index contributed by atoms with van der Waals surface area (Å²) in [7, 11) is 0. The van der Waals surface area contributed by atoms with E-state index < -0.39 is 41.7 Å². The second-order valence-corrected chi connectivity index (χ2v) is 14.0. The van der Waals surface area contributed by atoms with E-state index in [0.717, 1.165) is 23.6 Å². The minimum absolute atomic E-state index is 0.0665. The number of anilines is 1. The molecule has 1 spiro atoms. The number of hydrogen-bond acceptors (Lipinski definition) is 7. The molecule has 274 valence electrons. The highest BCUT2D eigenvalue weighted by atomic mass is 16.6. The Hall–Kier alpha value is -4.80. The number of hydrogen-bond donors (Lipinski definition) is 2. The molecule has 3 aromatic rings. The van der Waals surface area contributed by atoms with Gasteiger partial charge in [-0.05, 0) is 60.6 Å². The predicted molar refractivity (Wildman–Crippen MR) is 199 cm³/mol. The maximum atomic E-state index is 15.0. The van der Waals surface area contributed by atoms with Gasteiger partial charge in [-0.3, -0.25) is 19.2 Å². The first-order valence-electron chi connectivity index (χ1n) is 18.5. The first-order valence-corrected chi connectivity index (χ1v) is 18.5. The van der Waals surface area contributed by atoms with Crippen molar-refractivity contribution in [1.29, 1.82) is 0 Å². The van der Waals surface area contributed by atoms with E-state index in [0.29, 0.717) is 49.9 Å². The Balaban J connectivity index is 1.30. The molecule has 10 nitrogen and oxygen atoms in total. The molecule has 2 bridgehead atoms.